The summed E-state index contributed by atoms with van der Waals surface area (Å²) in [5, 5.41) is 0. The maximum absolute atomic E-state index is 12.4. The van der Waals surface area contributed by atoms with Gasteiger partial charge in [0.25, 0.3) is 0 Å². The maximum atomic E-state index is 12.4. The average Bonchev–Trinajstić information content (AvgIpc) is 2.37. The van der Waals surface area contributed by atoms with E-state index in [0.717, 1.165) is 5.56 Å². The molecule has 0 unspecified atom stereocenters. The van der Waals surface area contributed by atoms with E-state index >= 15 is 0 Å². The van der Waals surface area contributed by atoms with Gasteiger partial charge >= 0.3 is 6.18 Å². The third-order valence-corrected chi connectivity index (χ3v) is 3.38. The van der Waals surface area contributed by atoms with Crippen LogP contribution < -0.4 is 4.90 Å². The van der Waals surface area contributed by atoms with Crippen molar-refractivity contribution in [2.24, 2.45) is 5.92 Å². The SMILES string of the molecule is FC(F)(F)C1CN(c2cnc(-c3ccccc3)cn2)C1. The van der Waals surface area contributed by atoms with Crippen molar-refractivity contribution in [3.8, 4) is 11.3 Å². The fourth-order valence-corrected chi connectivity index (χ4v) is 2.12. The van der Waals surface area contributed by atoms with Gasteiger partial charge in [0.05, 0.1) is 24.0 Å². The second kappa shape index (κ2) is 4.77. The molecule has 3 nitrogen and oxygen atoms in total. The van der Waals surface area contributed by atoms with Gasteiger partial charge in [0.2, 0.25) is 0 Å². The minimum atomic E-state index is -4.12. The molecule has 1 aliphatic heterocycles. The molecule has 0 N–H and O–H groups in total. The highest BCUT2D eigenvalue weighted by Crippen LogP contribution is 2.35. The minimum absolute atomic E-state index is 0.0388. The monoisotopic (exact) mass is 279 g/mol. The van der Waals surface area contributed by atoms with E-state index in [0.29, 0.717) is 11.5 Å². The second-order valence-electron chi connectivity index (χ2n) is 4.77. The summed E-state index contributed by atoms with van der Waals surface area (Å²) in [6, 6.07) is 9.52. The molecule has 104 valence electrons. The molecule has 3 rings (SSSR count). The van der Waals surface area contributed by atoms with Gasteiger partial charge in [-0.1, -0.05) is 30.3 Å². The predicted molar refractivity (Wildman–Crippen MR) is 69.2 cm³/mol. The second-order valence-corrected chi connectivity index (χ2v) is 4.77. The molecule has 6 heteroatoms. The third-order valence-electron chi connectivity index (χ3n) is 3.38. The van der Waals surface area contributed by atoms with E-state index in [-0.39, 0.29) is 13.1 Å². The van der Waals surface area contributed by atoms with Gasteiger partial charge < -0.3 is 4.90 Å². The Morgan fingerprint density at radius 1 is 1.00 bits per heavy atom. The van der Waals surface area contributed by atoms with Crippen molar-refractivity contribution in [1.29, 1.82) is 0 Å². The highest BCUT2D eigenvalue weighted by atomic mass is 19.4. The Balaban J connectivity index is 1.70. The molecule has 0 amide bonds. The number of rotatable bonds is 2. The van der Waals surface area contributed by atoms with Crippen molar-refractivity contribution >= 4 is 5.82 Å². The number of hydrogen-bond acceptors (Lipinski definition) is 3. The largest absolute Gasteiger partial charge is 0.395 e. The van der Waals surface area contributed by atoms with E-state index in [9.17, 15) is 13.2 Å². The van der Waals surface area contributed by atoms with Crippen LogP contribution in [0.15, 0.2) is 42.7 Å². The van der Waals surface area contributed by atoms with Crippen LogP contribution in [-0.4, -0.2) is 29.2 Å². The number of benzene rings is 1. The summed E-state index contributed by atoms with van der Waals surface area (Å²) < 4.78 is 37.2. The molecule has 1 saturated heterocycles. The number of halogens is 3. The van der Waals surface area contributed by atoms with E-state index in [4.69, 9.17) is 0 Å². The van der Waals surface area contributed by atoms with Crippen molar-refractivity contribution in [3.05, 3.63) is 42.7 Å². The van der Waals surface area contributed by atoms with E-state index in [1.165, 1.54) is 6.20 Å². The fraction of sp³-hybridized carbons (Fsp3) is 0.286. The van der Waals surface area contributed by atoms with Gasteiger partial charge in [0, 0.05) is 18.7 Å². The molecule has 1 aromatic heterocycles. The highest BCUT2D eigenvalue weighted by Gasteiger charge is 2.47. The molecule has 1 aliphatic rings. The lowest BCUT2D eigenvalue weighted by Gasteiger charge is -2.40. The van der Waals surface area contributed by atoms with Crippen LogP contribution >= 0.6 is 0 Å². The lowest BCUT2D eigenvalue weighted by molar-refractivity contribution is -0.180. The van der Waals surface area contributed by atoms with E-state index in [2.05, 4.69) is 9.97 Å². The Morgan fingerprint density at radius 2 is 1.70 bits per heavy atom. The standard InChI is InChI=1S/C14H12F3N3/c15-14(16,17)11-8-20(9-11)13-7-18-12(6-19-13)10-4-2-1-3-5-10/h1-7,11H,8-9H2. The summed E-state index contributed by atoms with van der Waals surface area (Å²) in [7, 11) is 0. The Morgan fingerprint density at radius 3 is 2.25 bits per heavy atom. The van der Waals surface area contributed by atoms with Crippen LogP contribution in [0.25, 0.3) is 11.3 Å². The van der Waals surface area contributed by atoms with E-state index in [1.807, 2.05) is 30.3 Å². The van der Waals surface area contributed by atoms with Crippen molar-refractivity contribution in [2.75, 3.05) is 18.0 Å². The average molecular weight is 279 g/mol. The van der Waals surface area contributed by atoms with Crippen LogP contribution in [0.5, 0.6) is 0 Å². The molecule has 2 aromatic rings. The zero-order valence-corrected chi connectivity index (χ0v) is 10.5. The smallest absolute Gasteiger partial charge is 0.354 e. The Hall–Kier alpha value is -2.11. The van der Waals surface area contributed by atoms with Gasteiger partial charge in [0.15, 0.2) is 0 Å². The summed E-state index contributed by atoms with van der Waals surface area (Å²) in [6.45, 7) is -0.0777. The first-order chi connectivity index (χ1) is 9.54. The minimum Gasteiger partial charge on any atom is -0.354 e. The van der Waals surface area contributed by atoms with Crippen LogP contribution in [-0.2, 0) is 0 Å². The van der Waals surface area contributed by atoms with Gasteiger partial charge in [-0.2, -0.15) is 13.2 Å². The quantitative estimate of drug-likeness (QED) is 0.845. The lowest BCUT2D eigenvalue weighted by Crippen LogP contribution is -2.53. The van der Waals surface area contributed by atoms with Crippen LogP contribution in [0, 0.1) is 5.92 Å². The van der Waals surface area contributed by atoms with Gasteiger partial charge in [0.1, 0.15) is 5.82 Å². The normalized spacial score (nSPS) is 16.1. The number of nitrogens with zero attached hydrogens (tertiary/aromatic N) is 3. The van der Waals surface area contributed by atoms with Crippen LogP contribution in [0.3, 0.4) is 0 Å². The van der Waals surface area contributed by atoms with Crippen molar-refractivity contribution < 1.29 is 13.2 Å². The molecule has 0 bridgehead atoms. The molecule has 0 atom stereocenters. The van der Waals surface area contributed by atoms with Crippen molar-refractivity contribution in [1.82, 2.24) is 9.97 Å². The zero-order chi connectivity index (χ0) is 14.2. The number of aromatic nitrogens is 2. The summed E-state index contributed by atoms with van der Waals surface area (Å²) in [5.41, 5.74) is 1.64. The van der Waals surface area contributed by atoms with Gasteiger partial charge in [-0.3, -0.25) is 4.98 Å². The summed E-state index contributed by atoms with van der Waals surface area (Å²) >= 11 is 0. The molecule has 0 aliphatic carbocycles. The number of anilines is 1. The number of hydrogen-bond donors (Lipinski definition) is 0. The van der Waals surface area contributed by atoms with Crippen molar-refractivity contribution in [2.45, 2.75) is 6.18 Å². The van der Waals surface area contributed by atoms with Gasteiger partial charge in [-0.15, -0.1) is 0 Å². The Kier molecular flexibility index (Phi) is 3.08. The van der Waals surface area contributed by atoms with Crippen LogP contribution in [0.1, 0.15) is 0 Å². The van der Waals surface area contributed by atoms with Crippen LogP contribution in [0.4, 0.5) is 19.0 Å². The lowest BCUT2D eigenvalue weighted by atomic mass is 10.00. The van der Waals surface area contributed by atoms with Gasteiger partial charge in [-0.05, 0) is 0 Å². The molecule has 1 aromatic carbocycles. The molecule has 1 fully saturated rings. The summed E-state index contributed by atoms with van der Waals surface area (Å²) in [4.78, 5) is 10.0. The first kappa shape index (κ1) is 12.9. The predicted octanol–water partition coefficient (Wildman–Crippen LogP) is 3.14. The molecule has 2 heterocycles. The summed E-state index contributed by atoms with van der Waals surface area (Å²) in [5.74, 6) is -0.761. The molecule has 20 heavy (non-hydrogen) atoms. The van der Waals surface area contributed by atoms with E-state index in [1.54, 1.807) is 11.1 Å². The van der Waals surface area contributed by atoms with E-state index < -0.39 is 12.1 Å². The molecule has 0 saturated carbocycles. The third kappa shape index (κ3) is 2.45. The first-order valence-electron chi connectivity index (χ1n) is 6.23. The summed E-state index contributed by atoms with van der Waals surface area (Å²) in [6.07, 6.45) is -1.01. The molecule has 0 radical (unpaired) electrons. The van der Waals surface area contributed by atoms with Gasteiger partial charge in [-0.25, -0.2) is 4.98 Å². The number of alkyl halides is 3. The Labute approximate surface area is 114 Å². The highest BCUT2D eigenvalue weighted by molar-refractivity contribution is 5.58. The van der Waals surface area contributed by atoms with Crippen LogP contribution in [0.2, 0.25) is 0 Å². The zero-order valence-electron chi connectivity index (χ0n) is 10.5. The molecule has 0 spiro atoms. The topological polar surface area (TPSA) is 29.0 Å². The fourth-order valence-electron chi connectivity index (χ4n) is 2.12. The first-order valence-corrected chi connectivity index (χ1v) is 6.23. The molecular weight excluding hydrogens is 267 g/mol. The maximum Gasteiger partial charge on any atom is 0.395 e. The van der Waals surface area contributed by atoms with Crippen molar-refractivity contribution in [3.63, 3.8) is 0 Å². The Bertz CT molecular complexity index is 575. The molecular formula is C14H12F3N3.